The topological polar surface area (TPSA) is 57.0 Å². The summed E-state index contributed by atoms with van der Waals surface area (Å²) in [6, 6.07) is 12.1. The number of ether oxygens (including phenoxy) is 1. The van der Waals surface area contributed by atoms with Crippen LogP contribution in [0.3, 0.4) is 0 Å². The Morgan fingerprint density at radius 3 is 2.62 bits per heavy atom. The summed E-state index contributed by atoms with van der Waals surface area (Å²) in [5, 5.41) is 0.564. The SMILES string of the molecule is CCCCc1nc(=O)c2c(COC)cc(C)nc2n1Cc1ccccc1. The van der Waals surface area contributed by atoms with E-state index in [9.17, 15) is 4.79 Å². The normalized spacial score (nSPS) is 11.2. The Morgan fingerprint density at radius 2 is 1.92 bits per heavy atom. The second kappa shape index (κ2) is 8.23. The summed E-state index contributed by atoms with van der Waals surface area (Å²) in [4.78, 5) is 21.9. The average Bonchev–Trinajstić information content (AvgIpc) is 2.63. The molecule has 5 nitrogen and oxygen atoms in total. The van der Waals surface area contributed by atoms with E-state index in [-0.39, 0.29) is 5.56 Å². The quantitative estimate of drug-likeness (QED) is 0.652. The zero-order valence-electron chi connectivity index (χ0n) is 15.7. The molecule has 1 aromatic carbocycles. The van der Waals surface area contributed by atoms with Gasteiger partial charge in [-0.25, -0.2) is 4.98 Å². The van der Waals surface area contributed by atoms with Gasteiger partial charge >= 0.3 is 0 Å². The van der Waals surface area contributed by atoms with Gasteiger partial charge in [-0.3, -0.25) is 4.79 Å². The minimum Gasteiger partial charge on any atom is -0.380 e. The molecule has 2 heterocycles. The van der Waals surface area contributed by atoms with E-state index >= 15 is 0 Å². The standard InChI is InChI=1S/C21H25N3O2/c1-4-5-11-18-23-21(25)19-17(14-26-3)12-15(2)22-20(19)24(18)13-16-9-7-6-8-10-16/h6-10,12H,4-5,11,13-14H2,1-3H3. The van der Waals surface area contributed by atoms with E-state index < -0.39 is 0 Å². The molecule has 0 aliphatic heterocycles. The number of rotatable bonds is 7. The van der Waals surface area contributed by atoms with Gasteiger partial charge in [0, 0.05) is 19.2 Å². The van der Waals surface area contributed by atoms with Crippen molar-refractivity contribution in [3.63, 3.8) is 0 Å². The molecule has 26 heavy (non-hydrogen) atoms. The number of benzene rings is 1. The molecule has 0 aliphatic rings. The summed E-state index contributed by atoms with van der Waals surface area (Å²) in [5.74, 6) is 0.801. The summed E-state index contributed by atoms with van der Waals surface area (Å²) in [7, 11) is 1.63. The van der Waals surface area contributed by atoms with Crippen LogP contribution in [0, 0.1) is 6.92 Å². The van der Waals surface area contributed by atoms with Gasteiger partial charge in [0.25, 0.3) is 5.56 Å². The molecule has 136 valence electrons. The van der Waals surface area contributed by atoms with E-state index in [1.54, 1.807) is 7.11 Å². The monoisotopic (exact) mass is 351 g/mol. The lowest BCUT2D eigenvalue weighted by molar-refractivity contribution is 0.186. The van der Waals surface area contributed by atoms with Crippen LogP contribution >= 0.6 is 0 Å². The number of unbranched alkanes of at least 4 members (excludes halogenated alkanes) is 1. The van der Waals surface area contributed by atoms with Crippen molar-refractivity contribution >= 4 is 11.0 Å². The lowest BCUT2D eigenvalue weighted by Crippen LogP contribution is -2.22. The molecule has 0 atom stereocenters. The highest BCUT2D eigenvalue weighted by molar-refractivity contribution is 5.78. The lowest BCUT2D eigenvalue weighted by Gasteiger charge is -2.17. The first-order valence-corrected chi connectivity index (χ1v) is 9.06. The third-order valence-corrected chi connectivity index (χ3v) is 4.46. The Kier molecular flexibility index (Phi) is 5.78. The van der Waals surface area contributed by atoms with Crippen LogP contribution in [0.1, 0.15) is 42.4 Å². The molecule has 0 N–H and O–H groups in total. The molecule has 3 rings (SSSR count). The molecule has 2 aromatic heterocycles. The van der Waals surface area contributed by atoms with E-state index in [1.807, 2.05) is 31.2 Å². The molecular weight excluding hydrogens is 326 g/mol. The van der Waals surface area contributed by atoms with Crippen molar-refractivity contribution in [1.29, 1.82) is 0 Å². The smallest absolute Gasteiger partial charge is 0.282 e. The summed E-state index contributed by atoms with van der Waals surface area (Å²) in [5.41, 5.74) is 3.37. The fraction of sp³-hybridized carbons (Fsp3) is 0.381. The van der Waals surface area contributed by atoms with Gasteiger partial charge in [-0.05, 0) is 30.5 Å². The number of hydrogen-bond donors (Lipinski definition) is 0. The van der Waals surface area contributed by atoms with Crippen LogP contribution in [0.4, 0.5) is 0 Å². The van der Waals surface area contributed by atoms with Crippen LogP contribution in [0.2, 0.25) is 0 Å². The molecule has 0 saturated carbocycles. The van der Waals surface area contributed by atoms with Crippen LogP contribution < -0.4 is 5.56 Å². The third-order valence-electron chi connectivity index (χ3n) is 4.46. The van der Waals surface area contributed by atoms with E-state index in [0.717, 1.165) is 41.9 Å². The van der Waals surface area contributed by atoms with Crippen molar-refractivity contribution in [2.75, 3.05) is 7.11 Å². The molecule has 0 spiro atoms. The molecule has 0 radical (unpaired) electrons. The van der Waals surface area contributed by atoms with Gasteiger partial charge in [0.1, 0.15) is 11.5 Å². The van der Waals surface area contributed by atoms with Gasteiger partial charge in [0.2, 0.25) is 0 Å². The molecule has 3 aromatic rings. The first kappa shape index (κ1) is 18.3. The number of aryl methyl sites for hydroxylation is 2. The maximum Gasteiger partial charge on any atom is 0.282 e. The van der Waals surface area contributed by atoms with Gasteiger partial charge in [-0.15, -0.1) is 0 Å². The van der Waals surface area contributed by atoms with Crippen LogP contribution in [0.25, 0.3) is 11.0 Å². The van der Waals surface area contributed by atoms with Crippen LogP contribution in [-0.2, 0) is 24.3 Å². The van der Waals surface area contributed by atoms with Crippen LogP contribution in [-0.4, -0.2) is 21.6 Å². The Labute approximate surface area is 153 Å². The Morgan fingerprint density at radius 1 is 1.15 bits per heavy atom. The predicted octanol–water partition coefficient (Wildman–Crippen LogP) is 3.64. The number of aromatic nitrogens is 3. The number of pyridine rings is 1. The minimum atomic E-state index is -0.213. The zero-order chi connectivity index (χ0) is 18.5. The molecule has 0 aliphatic carbocycles. The fourth-order valence-electron chi connectivity index (χ4n) is 3.23. The van der Waals surface area contributed by atoms with Crippen molar-refractivity contribution in [2.45, 2.75) is 46.3 Å². The predicted molar refractivity (Wildman–Crippen MR) is 103 cm³/mol. The highest BCUT2D eigenvalue weighted by atomic mass is 16.5. The van der Waals surface area contributed by atoms with Gasteiger partial charge in [0.15, 0.2) is 0 Å². The number of hydrogen-bond acceptors (Lipinski definition) is 4. The first-order chi connectivity index (χ1) is 12.6. The van der Waals surface area contributed by atoms with E-state index in [1.165, 1.54) is 0 Å². The Balaban J connectivity index is 2.25. The molecule has 0 fully saturated rings. The zero-order valence-corrected chi connectivity index (χ0v) is 15.7. The molecule has 5 heteroatoms. The Hall–Kier alpha value is -2.53. The average molecular weight is 351 g/mol. The van der Waals surface area contributed by atoms with Crippen LogP contribution in [0.5, 0.6) is 0 Å². The fourth-order valence-corrected chi connectivity index (χ4v) is 3.23. The van der Waals surface area contributed by atoms with E-state index in [4.69, 9.17) is 9.72 Å². The maximum atomic E-state index is 12.8. The second-order valence-electron chi connectivity index (χ2n) is 6.56. The van der Waals surface area contributed by atoms with Crippen molar-refractivity contribution in [2.24, 2.45) is 0 Å². The second-order valence-corrected chi connectivity index (χ2v) is 6.56. The van der Waals surface area contributed by atoms with Gasteiger partial charge in [-0.1, -0.05) is 43.7 Å². The van der Waals surface area contributed by atoms with Crippen LogP contribution in [0.15, 0.2) is 41.2 Å². The number of nitrogens with zero attached hydrogens (tertiary/aromatic N) is 3. The van der Waals surface area contributed by atoms with Crippen molar-refractivity contribution in [3.8, 4) is 0 Å². The van der Waals surface area contributed by atoms with Gasteiger partial charge in [0.05, 0.1) is 18.5 Å². The molecule has 0 saturated heterocycles. The summed E-state index contributed by atoms with van der Waals surface area (Å²) in [6.07, 6.45) is 2.81. The third kappa shape index (κ3) is 3.83. The molecular formula is C21H25N3O2. The summed E-state index contributed by atoms with van der Waals surface area (Å²) < 4.78 is 7.39. The maximum absolute atomic E-state index is 12.8. The molecule has 0 amide bonds. The molecule has 0 unspecified atom stereocenters. The highest BCUT2D eigenvalue weighted by Gasteiger charge is 2.16. The summed E-state index contributed by atoms with van der Waals surface area (Å²) in [6.45, 7) is 5.10. The molecule has 0 bridgehead atoms. The largest absolute Gasteiger partial charge is 0.380 e. The summed E-state index contributed by atoms with van der Waals surface area (Å²) >= 11 is 0. The van der Waals surface area contributed by atoms with E-state index in [0.29, 0.717) is 24.2 Å². The number of fused-ring (bicyclic) bond motifs is 1. The Bertz CT molecular complexity index is 949. The van der Waals surface area contributed by atoms with E-state index in [2.05, 4.69) is 28.6 Å². The van der Waals surface area contributed by atoms with Gasteiger partial charge < -0.3 is 9.30 Å². The number of methoxy groups -OCH3 is 1. The van der Waals surface area contributed by atoms with Gasteiger partial charge in [-0.2, -0.15) is 4.98 Å². The van der Waals surface area contributed by atoms with Crippen molar-refractivity contribution in [3.05, 3.63) is 69.4 Å². The minimum absolute atomic E-state index is 0.213. The lowest BCUT2D eigenvalue weighted by atomic mass is 10.1. The first-order valence-electron chi connectivity index (χ1n) is 9.06. The highest BCUT2D eigenvalue weighted by Crippen LogP contribution is 2.19. The van der Waals surface area contributed by atoms with Crippen molar-refractivity contribution < 1.29 is 4.74 Å². The van der Waals surface area contributed by atoms with Crippen molar-refractivity contribution in [1.82, 2.24) is 14.5 Å².